The Hall–Kier alpha value is -1.39. The van der Waals surface area contributed by atoms with E-state index in [9.17, 15) is 9.90 Å². The van der Waals surface area contributed by atoms with Crippen molar-refractivity contribution in [2.75, 3.05) is 19.7 Å². The van der Waals surface area contributed by atoms with Crippen LogP contribution in [0.1, 0.15) is 25.3 Å². The summed E-state index contributed by atoms with van der Waals surface area (Å²) < 4.78 is 0. The first-order valence-corrected chi connectivity index (χ1v) is 7.30. The smallest absolute Gasteiger partial charge is 0.226 e. The fourth-order valence-electron chi connectivity index (χ4n) is 2.63. The molecule has 1 heterocycles. The Morgan fingerprint density at radius 1 is 1.35 bits per heavy atom. The Bertz CT molecular complexity index is 427. The van der Waals surface area contributed by atoms with Crippen molar-refractivity contribution in [2.45, 2.75) is 32.2 Å². The maximum atomic E-state index is 12.4. The SMILES string of the molecule is CC1(C(=O)N[C@H](CO)Cc2ccccc2)CCNCC1. The number of rotatable bonds is 5. The van der Waals surface area contributed by atoms with Crippen molar-refractivity contribution >= 4 is 5.91 Å². The van der Waals surface area contributed by atoms with Crippen molar-refractivity contribution in [1.82, 2.24) is 10.6 Å². The summed E-state index contributed by atoms with van der Waals surface area (Å²) in [4.78, 5) is 12.4. The molecule has 1 atom stereocenters. The lowest BCUT2D eigenvalue weighted by atomic mass is 9.80. The van der Waals surface area contributed by atoms with Crippen molar-refractivity contribution < 1.29 is 9.90 Å². The quantitative estimate of drug-likeness (QED) is 0.754. The molecule has 0 unspecified atom stereocenters. The van der Waals surface area contributed by atoms with Crippen LogP contribution in [0.15, 0.2) is 30.3 Å². The summed E-state index contributed by atoms with van der Waals surface area (Å²) in [7, 11) is 0. The second kappa shape index (κ2) is 6.86. The average molecular weight is 276 g/mol. The van der Waals surface area contributed by atoms with Gasteiger partial charge in [0, 0.05) is 5.41 Å². The number of benzene rings is 1. The van der Waals surface area contributed by atoms with Crippen molar-refractivity contribution in [2.24, 2.45) is 5.41 Å². The Morgan fingerprint density at radius 3 is 2.60 bits per heavy atom. The zero-order chi connectivity index (χ0) is 14.4. The number of hydrogen-bond acceptors (Lipinski definition) is 3. The molecule has 0 aromatic heterocycles. The predicted octanol–water partition coefficient (Wildman–Crippen LogP) is 1.10. The van der Waals surface area contributed by atoms with Gasteiger partial charge in [-0.3, -0.25) is 4.79 Å². The number of aliphatic hydroxyl groups is 1. The number of carbonyl (C=O) groups is 1. The molecule has 0 spiro atoms. The van der Waals surface area contributed by atoms with E-state index in [0.717, 1.165) is 31.5 Å². The maximum Gasteiger partial charge on any atom is 0.226 e. The summed E-state index contributed by atoms with van der Waals surface area (Å²) in [5.41, 5.74) is 0.817. The monoisotopic (exact) mass is 276 g/mol. The van der Waals surface area contributed by atoms with E-state index in [1.807, 2.05) is 37.3 Å². The highest BCUT2D eigenvalue weighted by Crippen LogP contribution is 2.28. The lowest BCUT2D eigenvalue weighted by Gasteiger charge is -2.34. The van der Waals surface area contributed by atoms with Crippen molar-refractivity contribution in [3.8, 4) is 0 Å². The molecule has 110 valence electrons. The second-order valence-electron chi connectivity index (χ2n) is 5.85. The summed E-state index contributed by atoms with van der Waals surface area (Å²) in [6.07, 6.45) is 2.36. The Kier molecular flexibility index (Phi) is 5.15. The molecular formula is C16H24N2O2. The molecule has 0 aliphatic carbocycles. The van der Waals surface area contributed by atoms with Crippen molar-refractivity contribution in [3.05, 3.63) is 35.9 Å². The second-order valence-corrected chi connectivity index (χ2v) is 5.85. The number of piperidine rings is 1. The van der Waals surface area contributed by atoms with E-state index in [2.05, 4.69) is 10.6 Å². The Balaban J connectivity index is 1.94. The summed E-state index contributed by atoms with van der Waals surface area (Å²) in [5, 5.41) is 15.8. The van der Waals surface area contributed by atoms with Gasteiger partial charge in [0.15, 0.2) is 0 Å². The van der Waals surface area contributed by atoms with E-state index in [1.165, 1.54) is 0 Å². The van der Waals surface area contributed by atoms with Gasteiger partial charge in [-0.05, 0) is 37.9 Å². The van der Waals surface area contributed by atoms with Crippen LogP contribution in [0.5, 0.6) is 0 Å². The minimum Gasteiger partial charge on any atom is -0.394 e. The van der Waals surface area contributed by atoms with Gasteiger partial charge in [-0.1, -0.05) is 37.3 Å². The van der Waals surface area contributed by atoms with Crippen LogP contribution in [0, 0.1) is 5.41 Å². The number of amides is 1. The molecule has 4 heteroatoms. The van der Waals surface area contributed by atoms with Gasteiger partial charge in [0.1, 0.15) is 0 Å². The topological polar surface area (TPSA) is 61.4 Å². The standard InChI is InChI=1S/C16H24N2O2/c1-16(7-9-17-10-8-16)15(20)18-14(12-19)11-13-5-3-2-4-6-13/h2-6,14,17,19H,7-12H2,1H3,(H,18,20)/t14-/m0/s1. The predicted molar refractivity (Wildman–Crippen MR) is 79.4 cm³/mol. The number of carbonyl (C=O) groups excluding carboxylic acids is 1. The molecule has 0 radical (unpaired) electrons. The average Bonchev–Trinajstić information content (AvgIpc) is 2.48. The van der Waals surface area contributed by atoms with Crippen LogP contribution in [-0.4, -0.2) is 36.8 Å². The van der Waals surface area contributed by atoms with Gasteiger partial charge in [-0.25, -0.2) is 0 Å². The van der Waals surface area contributed by atoms with Crippen LogP contribution < -0.4 is 10.6 Å². The fraction of sp³-hybridized carbons (Fsp3) is 0.562. The number of aliphatic hydroxyl groups excluding tert-OH is 1. The first-order valence-electron chi connectivity index (χ1n) is 7.30. The molecule has 1 fully saturated rings. The van der Waals surface area contributed by atoms with Gasteiger partial charge in [-0.15, -0.1) is 0 Å². The number of hydrogen-bond donors (Lipinski definition) is 3. The van der Waals surface area contributed by atoms with Crippen LogP contribution in [0.4, 0.5) is 0 Å². The van der Waals surface area contributed by atoms with Crippen molar-refractivity contribution in [3.63, 3.8) is 0 Å². The first kappa shape index (κ1) is 15.0. The largest absolute Gasteiger partial charge is 0.394 e. The van der Waals surface area contributed by atoms with Crippen LogP contribution in [0.2, 0.25) is 0 Å². The minimum atomic E-state index is -0.310. The molecule has 4 nitrogen and oxygen atoms in total. The summed E-state index contributed by atoms with van der Waals surface area (Å²) >= 11 is 0. The molecule has 1 saturated heterocycles. The highest BCUT2D eigenvalue weighted by atomic mass is 16.3. The Morgan fingerprint density at radius 2 is 2.00 bits per heavy atom. The van der Waals surface area contributed by atoms with Crippen LogP contribution in [-0.2, 0) is 11.2 Å². The van der Waals surface area contributed by atoms with Gasteiger partial charge in [0.05, 0.1) is 12.6 Å². The summed E-state index contributed by atoms with van der Waals surface area (Å²) in [5.74, 6) is 0.0639. The molecular weight excluding hydrogens is 252 g/mol. The van der Waals surface area contributed by atoms with Gasteiger partial charge < -0.3 is 15.7 Å². The van der Waals surface area contributed by atoms with E-state index >= 15 is 0 Å². The molecule has 1 aliphatic rings. The third kappa shape index (κ3) is 3.81. The molecule has 1 aromatic carbocycles. The molecule has 1 aliphatic heterocycles. The third-order valence-electron chi connectivity index (χ3n) is 4.14. The van der Waals surface area contributed by atoms with E-state index in [-0.39, 0.29) is 24.0 Å². The molecule has 3 N–H and O–H groups in total. The normalized spacial score (nSPS) is 19.3. The number of nitrogens with one attached hydrogen (secondary N) is 2. The molecule has 1 aromatic rings. The minimum absolute atomic E-state index is 0.0328. The van der Waals surface area contributed by atoms with Crippen LogP contribution in [0.25, 0.3) is 0 Å². The molecule has 2 rings (SSSR count). The van der Waals surface area contributed by atoms with Crippen molar-refractivity contribution in [1.29, 1.82) is 0 Å². The van der Waals surface area contributed by atoms with E-state index in [4.69, 9.17) is 0 Å². The summed E-state index contributed by atoms with van der Waals surface area (Å²) in [6, 6.07) is 9.73. The lowest BCUT2D eigenvalue weighted by Crippen LogP contribution is -2.50. The van der Waals surface area contributed by atoms with Crippen LogP contribution in [0.3, 0.4) is 0 Å². The lowest BCUT2D eigenvalue weighted by molar-refractivity contribution is -0.132. The van der Waals surface area contributed by atoms with Gasteiger partial charge in [0.25, 0.3) is 0 Å². The summed E-state index contributed by atoms with van der Waals surface area (Å²) in [6.45, 7) is 3.74. The van der Waals surface area contributed by atoms with E-state index < -0.39 is 0 Å². The molecule has 1 amide bonds. The van der Waals surface area contributed by atoms with E-state index in [1.54, 1.807) is 0 Å². The molecule has 20 heavy (non-hydrogen) atoms. The first-order chi connectivity index (χ1) is 9.64. The maximum absolute atomic E-state index is 12.4. The zero-order valence-electron chi connectivity index (χ0n) is 12.1. The van der Waals surface area contributed by atoms with Crippen LogP contribution >= 0.6 is 0 Å². The van der Waals surface area contributed by atoms with Gasteiger partial charge >= 0.3 is 0 Å². The molecule has 0 bridgehead atoms. The fourth-order valence-corrected chi connectivity index (χ4v) is 2.63. The van der Waals surface area contributed by atoms with Gasteiger partial charge in [-0.2, -0.15) is 0 Å². The Labute approximate surface area is 120 Å². The highest BCUT2D eigenvalue weighted by molar-refractivity contribution is 5.82. The van der Waals surface area contributed by atoms with Gasteiger partial charge in [0.2, 0.25) is 5.91 Å². The highest BCUT2D eigenvalue weighted by Gasteiger charge is 2.35. The molecule has 0 saturated carbocycles. The zero-order valence-corrected chi connectivity index (χ0v) is 12.1. The van der Waals surface area contributed by atoms with E-state index in [0.29, 0.717) is 6.42 Å². The third-order valence-corrected chi connectivity index (χ3v) is 4.14.